The molecule has 1 aromatic carbocycles. The number of pyridine rings is 1. The van der Waals surface area contributed by atoms with Gasteiger partial charge in [0.15, 0.2) is 5.13 Å². The zero-order chi connectivity index (χ0) is 14.8. The molecule has 3 rings (SSSR count). The third-order valence-corrected chi connectivity index (χ3v) is 4.27. The lowest BCUT2D eigenvalue weighted by Crippen LogP contribution is -2.14. The van der Waals surface area contributed by atoms with Crippen LogP contribution in [0.25, 0.3) is 10.8 Å². The first-order valence-corrected chi connectivity index (χ1v) is 7.57. The summed E-state index contributed by atoms with van der Waals surface area (Å²) in [6, 6.07) is 7.43. The van der Waals surface area contributed by atoms with Gasteiger partial charge in [0.25, 0.3) is 5.91 Å². The summed E-state index contributed by atoms with van der Waals surface area (Å²) < 4.78 is 0.850. The molecule has 0 aliphatic rings. The van der Waals surface area contributed by atoms with Crippen LogP contribution in [0, 0.1) is 0 Å². The minimum atomic E-state index is -0.260. The Bertz CT molecular complexity index is 819. The van der Waals surface area contributed by atoms with E-state index in [1.165, 1.54) is 17.5 Å². The monoisotopic (exact) mass is 363 g/mol. The third-order valence-electron chi connectivity index (χ3n) is 2.87. The highest BCUT2D eigenvalue weighted by Crippen LogP contribution is 2.26. The molecule has 0 aliphatic heterocycles. The van der Waals surface area contributed by atoms with E-state index in [1.807, 2.05) is 24.3 Å². The van der Waals surface area contributed by atoms with Crippen LogP contribution in [0.2, 0.25) is 0 Å². The Morgan fingerprint density at radius 3 is 2.62 bits per heavy atom. The van der Waals surface area contributed by atoms with E-state index in [0.717, 1.165) is 14.6 Å². The van der Waals surface area contributed by atoms with Gasteiger partial charge in [0.1, 0.15) is 5.82 Å². The van der Waals surface area contributed by atoms with Crippen LogP contribution in [-0.4, -0.2) is 15.9 Å². The molecule has 0 aliphatic carbocycles. The number of nitrogens with one attached hydrogen (secondary N) is 2. The van der Waals surface area contributed by atoms with Gasteiger partial charge in [0, 0.05) is 11.6 Å². The summed E-state index contributed by atoms with van der Waals surface area (Å²) in [5.41, 5.74) is 3.00. The molecule has 4 N–H and O–H groups in total. The predicted molar refractivity (Wildman–Crippen MR) is 87.3 cm³/mol. The molecular formula is C13H10BrN5OS. The SMILES string of the molecule is NNc1ncc(C(=O)Nc2ncc(Br)s2)c2ccccc12. The number of amides is 1. The molecule has 0 bridgehead atoms. The van der Waals surface area contributed by atoms with Gasteiger partial charge in [-0.3, -0.25) is 10.1 Å². The number of halogens is 1. The first kappa shape index (κ1) is 13.9. The van der Waals surface area contributed by atoms with Crippen molar-refractivity contribution in [3.63, 3.8) is 0 Å². The maximum atomic E-state index is 12.4. The van der Waals surface area contributed by atoms with Crippen LogP contribution >= 0.6 is 27.3 Å². The summed E-state index contributed by atoms with van der Waals surface area (Å²) >= 11 is 4.65. The van der Waals surface area contributed by atoms with E-state index >= 15 is 0 Å². The molecule has 2 aromatic heterocycles. The number of thiazole rings is 1. The number of rotatable bonds is 3. The predicted octanol–water partition coefficient (Wildman–Crippen LogP) is 2.99. The number of hydrogen-bond donors (Lipinski definition) is 3. The van der Waals surface area contributed by atoms with Crippen LogP contribution in [0.5, 0.6) is 0 Å². The second-order valence-corrected chi connectivity index (χ2v) is 6.54. The number of carbonyl (C=O) groups is 1. The molecule has 106 valence electrons. The summed E-state index contributed by atoms with van der Waals surface area (Å²) in [7, 11) is 0. The number of carbonyl (C=O) groups excluding carboxylic acids is 1. The number of fused-ring (bicyclic) bond motifs is 1. The number of hydrazine groups is 1. The maximum Gasteiger partial charge on any atom is 0.259 e. The van der Waals surface area contributed by atoms with E-state index < -0.39 is 0 Å². The van der Waals surface area contributed by atoms with Gasteiger partial charge in [-0.15, -0.1) is 0 Å². The fourth-order valence-electron chi connectivity index (χ4n) is 1.97. The largest absolute Gasteiger partial charge is 0.308 e. The first-order valence-electron chi connectivity index (χ1n) is 5.96. The van der Waals surface area contributed by atoms with Gasteiger partial charge < -0.3 is 5.43 Å². The number of hydrogen-bond acceptors (Lipinski definition) is 6. The zero-order valence-corrected chi connectivity index (χ0v) is 13.0. The van der Waals surface area contributed by atoms with Crippen molar-refractivity contribution in [2.75, 3.05) is 10.7 Å². The lowest BCUT2D eigenvalue weighted by atomic mass is 10.1. The van der Waals surface area contributed by atoms with E-state index in [1.54, 1.807) is 6.20 Å². The molecule has 8 heteroatoms. The summed E-state index contributed by atoms with van der Waals surface area (Å²) in [4.78, 5) is 20.6. The molecular weight excluding hydrogens is 354 g/mol. The van der Waals surface area contributed by atoms with E-state index in [-0.39, 0.29) is 5.91 Å². The summed E-state index contributed by atoms with van der Waals surface area (Å²) in [5, 5.41) is 4.84. The van der Waals surface area contributed by atoms with Crippen LogP contribution in [0.4, 0.5) is 10.9 Å². The Morgan fingerprint density at radius 1 is 1.19 bits per heavy atom. The average molecular weight is 364 g/mol. The normalized spacial score (nSPS) is 10.6. The Morgan fingerprint density at radius 2 is 1.95 bits per heavy atom. The minimum Gasteiger partial charge on any atom is -0.308 e. The Kier molecular flexibility index (Phi) is 3.82. The fraction of sp³-hybridized carbons (Fsp3) is 0. The van der Waals surface area contributed by atoms with Crippen LogP contribution in [0.1, 0.15) is 10.4 Å². The van der Waals surface area contributed by atoms with Crippen LogP contribution in [-0.2, 0) is 0 Å². The highest BCUT2D eigenvalue weighted by molar-refractivity contribution is 9.11. The van der Waals surface area contributed by atoms with Crippen molar-refractivity contribution in [1.29, 1.82) is 0 Å². The van der Waals surface area contributed by atoms with Crippen molar-refractivity contribution in [2.24, 2.45) is 5.84 Å². The Balaban J connectivity index is 2.02. The van der Waals surface area contributed by atoms with Crippen molar-refractivity contribution in [2.45, 2.75) is 0 Å². The highest BCUT2D eigenvalue weighted by atomic mass is 79.9. The number of nitrogens with zero attached hydrogens (tertiary/aromatic N) is 2. The summed E-state index contributed by atoms with van der Waals surface area (Å²) in [5.74, 6) is 5.71. The molecule has 0 spiro atoms. The van der Waals surface area contributed by atoms with Crippen LogP contribution in [0.3, 0.4) is 0 Å². The van der Waals surface area contributed by atoms with Gasteiger partial charge in [-0.25, -0.2) is 15.8 Å². The third kappa shape index (κ3) is 2.73. The van der Waals surface area contributed by atoms with Gasteiger partial charge >= 0.3 is 0 Å². The van der Waals surface area contributed by atoms with Crippen molar-refractivity contribution in [3.8, 4) is 0 Å². The van der Waals surface area contributed by atoms with Gasteiger partial charge in [-0.1, -0.05) is 35.6 Å². The van der Waals surface area contributed by atoms with Crippen molar-refractivity contribution in [1.82, 2.24) is 9.97 Å². The minimum absolute atomic E-state index is 0.260. The molecule has 3 aromatic rings. The van der Waals surface area contributed by atoms with Gasteiger partial charge in [-0.05, 0) is 21.3 Å². The molecule has 2 heterocycles. The quantitative estimate of drug-likeness (QED) is 0.491. The second-order valence-electron chi connectivity index (χ2n) is 4.13. The molecule has 6 nitrogen and oxygen atoms in total. The van der Waals surface area contributed by atoms with Crippen LogP contribution < -0.4 is 16.6 Å². The van der Waals surface area contributed by atoms with Crippen molar-refractivity contribution < 1.29 is 4.79 Å². The molecule has 0 atom stereocenters. The summed E-state index contributed by atoms with van der Waals surface area (Å²) in [6.07, 6.45) is 3.13. The number of nitrogens with two attached hydrogens (primary N) is 1. The second kappa shape index (κ2) is 5.76. The first-order chi connectivity index (χ1) is 10.2. The Labute approximate surface area is 132 Å². The average Bonchev–Trinajstić information content (AvgIpc) is 2.91. The molecule has 0 saturated heterocycles. The highest BCUT2D eigenvalue weighted by Gasteiger charge is 2.14. The summed E-state index contributed by atoms with van der Waals surface area (Å²) in [6.45, 7) is 0. The smallest absolute Gasteiger partial charge is 0.259 e. The van der Waals surface area contributed by atoms with Gasteiger partial charge in [-0.2, -0.15) is 0 Å². The van der Waals surface area contributed by atoms with Gasteiger partial charge in [0.05, 0.1) is 15.5 Å². The molecule has 21 heavy (non-hydrogen) atoms. The van der Waals surface area contributed by atoms with Crippen molar-refractivity contribution >= 4 is 54.9 Å². The molecule has 0 saturated carbocycles. The molecule has 1 amide bonds. The molecule has 0 unspecified atom stereocenters. The molecule has 0 radical (unpaired) electrons. The standard InChI is InChI=1S/C13H10BrN5OS/c14-10-6-17-13(21-10)18-12(20)9-5-16-11(19-15)8-4-2-1-3-7(8)9/h1-6H,15H2,(H,16,19)(H,17,18,20). The number of nitrogen functional groups attached to an aromatic ring is 1. The zero-order valence-electron chi connectivity index (χ0n) is 10.6. The van der Waals surface area contributed by atoms with Crippen LogP contribution in [0.15, 0.2) is 40.4 Å². The number of anilines is 2. The lowest BCUT2D eigenvalue weighted by Gasteiger charge is -2.09. The van der Waals surface area contributed by atoms with Crippen molar-refractivity contribution in [3.05, 3.63) is 46.0 Å². The Hall–Kier alpha value is -2.03. The molecule has 0 fully saturated rings. The van der Waals surface area contributed by atoms with E-state index in [4.69, 9.17) is 5.84 Å². The van der Waals surface area contributed by atoms with E-state index in [0.29, 0.717) is 16.5 Å². The topological polar surface area (TPSA) is 92.9 Å². The number of benzene rings is 1. The van der Waals surface area contributed by atoms with E-state index in [9.17, 15) is 4.79 Å². The maximum absolute atomic E-state index is 12.4. The van der Waals surface area contributed by atoms with Gasteiger partial charge in [0.2, 0.25) is 0 Å². The number of aromatic nitrogens is 2. The lowest BCUT2D eigenvalue weighted by molar-refractivity contribution is 0.102. The fourth-order valence-corrected chi connectivity index (χ4v) is 3.07. The van der Waals surface area contributed by atoms with E-state index in [2.05, 4.69) is 36.6 Å².